The minimum atomic E-state index is -0.0953. The molecule has 1 aromatic carbocycles. The molecule has 0 aliphatic heterocycles. The van der Waals surface area contributed by atoms with Gasteiger partial charge in [-0.2, -0.15) is 0 Å². The van der Waals surface area contributed by atoms with Gasteiger partial charge in [0.2, 0.25) is 0 Å². The molecule has 0 radical (unpaired) electrons. The van der Waals surface area contributed by atoms with Crippen LogP contribution >= 0.6 is 0 Å². The van der Waals surface area contributed by atoms with Crippen molar-refractivity contribution in [2.24, 2.45) is 0 Å². The lowest BCUT2D eigenvalue weighted by Gasteiger charge is -2.10. The molecule has 0 saturated carbocycles. The lowest BCUT2D eigenvalue weighted by atomic mass is 10.1. The second kappa shape index (κ2) is 4.38. The van der Waals surface area contributed by atoms with E-state index in [1.54, 1.807) is 6.07 Å². The quantitative estimate of drug-likeness (QED) is 0.754. The van der Waals surface area contributed by atoms with Crippen LogP contribution in [0.3, 0.4) is 0 Å². The molecule has 0 bridgehead atoms. The van der Waals surface area contributed by atoms with E-state index in [0.717, 1.165) is 17.5 Å². The minimum Gasteiger partial charge on any atom is -0.317 e. The molecule has 0 saturated heterocycles. The maximum Gasteiger partial charge on any atom is 0.126 e. The van der Waals surface area contributed by atoms with Crippen molar-refractivity contribution in [3.05, 3.63) is 35.1 Å². The number of hydrogen-bond donors (Lipinski definition) is 1. The predicted molar refractivity (Wildman–Crippen MR) is 53.4 cm³/mol. The minimum absolute atomic E-state index is 0.0953. The summed E-state index contributed by atoms with van der Waals surface area (Å²) in [5.41, 5.74) is 1.76. The first-order valence-corrected chi connectivity index (χ1v) is 4.55. The Morgan fingerprint density at radius 2 is 2.15 bits per heavy atom. The molecule has 1 atom stereocenters. The molecule has 1 rings (SSSR count). The van der Waals surface area contributed by atoms with Crippen molar-refractivity contribution in [1.29, 1.82) is 0 Å². The average molecular weight is 181 g/mol. The molecule has 0 fully saturated rings. The molecule has 1 unspecified atom stereocenters. The molecular formula is C11H16FN. The Labute approximate surface area is 79.0 Å². The van der Waals surface area contributed by atoms with Gasteiger partial charge in [0.1, 0.15) is 5.82 Å². The Hall–Kier alpha value is -0.890. The Kier molecular flexibility index (Phi) is 3.43. The Balaban J connectivity index is 2.77. The summed E-state index contributed by atoms with van der Waals surface area (Å²) >= 11 is 0. The lowest BCUT2D eigenvalue weighted by Crippen LogP contribution is -2.23. The monoisotopic (exact) mass is 181 g/mol. The summed E-state index contributed by atoms with van der Waals surface area (Å²) in [6.07, 6.45) is 0.739. The fourth-order valence-electron chi connectivity index (χ4n) is 1.25. The number of nitrogens with one attached hydrogen (secondary N) is 1. The topological polar surface area (TPSA) is 12.0 Å². The van der Waals surface area contributed by atoms with Gasteiger partial charge in [-0.25, -0.2) is 4.39 Å². The standard InChI is InChI=1S/C11H16FN/c1-8-4-5-10(11(12)6-8)7-9(2)13-3/h4-6,9,13H,7H2,1-3H3. The predicted octanol–water partition coefficient (Wildman–Crippen LogP) is 2.28. The van der Waals surface area contributed by atoms with Crippen LogP contribution in [0.2, 0.25) is 0 Å². The van der Waals surface area contributed by atoms with Crippen molar-refractivity contribution < 1.29 is 4.39 Å². The smallest absolute Gasteiger partial charge is 0.126 e. The SMILES string of the molecule is CNC(C)Cc1ccc(C)cc1F. The van der Waals surface area contributed by atoms with E-state index in [0.29, 0.717) is 6.04 Å². The number of aryl methyl sites for hydroxylation is 1. The zero-order chi connectivity index (χ0) is 9.84. The highest BCUT2D eigenvalue weighted by Crippen LogP contribution is 2.11. The Bertz CT molecular complexity index is 283. The number of hydrogen-bond acceptors (Lipinski definition) is 1. The number of benzene rings is 1. The van der Waals surface area contributed by atoms with Gasteiger partial charge in [-0.15, -0.1) is 0 Å². The summed E-state index contributed by atoms with van der Waals surface area (Å²) in [5, 5.41) is 3.09. The number of likely N-dealkylation sites (N-methyl/N-ethyl adjacent to an activating group) is 1. The number of halogens is 1. The van der Waals surface area contributed by atoms with Gasteiger partial charge in [0.05, 0.1) is 0 Å². The fraction of sp³-hybridized carbons (Fsp3) is 0.455. The lowest BCUT2D eigenvalue weighted by molar-refractivity contribution is 0.563. The van der Waals surface area contributed by atoms with Crippen molar-refractivity contribution in [1.82, 2.24) is 5.32 Å². The van der Waals surface area contributed by atoms with E-state index in [1.165, 1.54) is 0 Å². The van der Waals surface area contributed by atoms with E-state index in [4.69, 9.17) is 0 Å². The third-order valence-corrected chi connectivity index (χ3v) is 2.23. The molecule has 0 heterocycles. The molecule has 0 aliphatic rings. The first-order valence-electron chi connectivity index (χ1n) is 4.55. The molecule has 1 nitrogen and oxygen atoms in total. The first-order chi connectivity index (χ1) is 6.13. The summed E-state index contributed by atoms with van der Waals surface area (Å²) in [4.78, 5) is 0. The van der Waals surface area contributed by atoms with Crippen LogP contribution in [-0.2, 0) is 6.42 Å². The summed E-state index contributed by atoms with van der Waals surface area (Å²) in [5.74, 6) is -0.0953. The summed E-state index contributed by atoms with van der Waals surface area (Å²) in [6.45, 7) is 3.94. The van der Waals surface area contributed by atoms with Crippen LogP contribution in [0.15, 0.2) is 18.2 Å². The highest BCUT2D eigenvalue weighted by Gasteiger charge is 2.05. The zero-order valence-electron chi connectivity index (χ0n) is 8.39. The molecule has 13 heavy (non-hydrogen) atoms. The molecule has 72 valence electrons. The first kappa shape index (κ1) is 10.2. The van der Waals surface area contributed by atoms with Gasteiger partial charge in [-0.05, 0) is 44.5 Å². The molecule has 1 N–H and O–H groups in total. The molecule has 0 spiro atoms. The Morgan fingerprint density at radius 3 is 2.69 bits per heavy atom. The third-order valence-electron chi connectivity index (χ3n) is 2.23. The summed E-state index contributed by atoms with van der Waals surface area (Å²) in [6, 6.07) is 5.70. The van der Waals surface area contributed by atoms with Crippen LogP contribution in [0, 0.1) is 12.7 Å². The number of rotatable bonds is 3. The van der Waals surface area contributed by atoms with Crippen molar-refractivity contribution in [2.75, 3.05) is 7.05 Å². The van der Waals surface area contributed by atoms with Gasteiger partial charge in [0.15, 0.2) is 0 Å². The van der Waals surface area contributed by atoms with E-state index >= 15 is 0 Å². The largest absolute Gasteiger partial charge is 0.317 e. The fourth-order valence-corrected chi connectivity index (χ4v) is 1.25. The summed E-state index contributed by atoms with van der Waals surface area (Å²) < 4.78 is 13.3. The van der Waals surface area contributed by atoms with Crippen molar-refractivity contribution >= 4 is 0 Å². The zero-order valence-corrected chi connectivity index (χ0v) is 8.39. The van der Waals surface area contributed by atoms with Crippen LogP contribution in [0.5, 0.6) is 0 Å². The van der Waals surface area contributed by atoms with E-state index in [2.05, 4.69) is 5.32 Å². The maximum absolute atomic E-state index is 13.3. The molecule has 0 amide bonds. The second-order valence-corrected chi connectivity index (χ2v) is 3.49. The van der Waals surface area contributed by atoms with Gasteiger partial charge >= 0.3 is 0 Å². The van der Waals surface area contributed by atoms with Gasteiger partial charge < -0.3 is 5.32 Å². The van der Waals surface area contributed by atoms with Crippen molar-refractivity contribution in [2.45, 2.75) is 26.3 Å². The molecule has 0 aliphatic carbocycles. The van der Waals surface area contributed by atoms with E-state index < -0.39 is 0 Å². The third kappa shape index (κ3) is 2.81. The van der Waals surface area contributed by atoms with Crippen molar-refractivity contribution in [3.63, 3.8) is 0 Å². The van der Waals surface area contributed by atoms with Crippen LogP contribution in [0.4, 0.5) is 4.39 Å². The maximum atomic E-state index is 13.3. The van der Waals surface area contributed by atoms with Crippen LogP contribution in [0.1, 0.15) is 18.1 Å². The van der Waals surface area contributed by atoms with Crippen LogP contribution < -0.4 is 5.32 Å². The molecule has 1 aromatic rings. The normalized spacial score (nSPS) is 12.9. The molecule has 2 heteroatoms. The Morgan fingerprint density at radius 1 is 1.46 bits per heavy atom. The van der Waals surface area contributed by atoms with Crippen LogP contribution in [0.25, 0.3) is 0 Å². The summed E-state index contributed by atoms with van der Waals surface area (Å²) in [7, 11) is 1.89. The highest BCUT2D eigenvalue weighted by atomic mass is 19.1. The van der Waals surface area contributed by atoms with Gasteiger partial charge in [0.25, 0.3) is 0 Å². The molecule has 0 aromatic heterocycles. The van der Waals surface area contributed by atoms with Crippen molar-refractivity contribution in [3.8, 4) is 0 Å². The van der Waals surface area contributed by atoms with Crippen LogP contribution in [-0.4, -0.2) is 13.1 Å². The van der Waals surface area contributed by atoms with E-state index in [-0.39, 0.29) is 5.82 Å². The molecular weight excluding hydrogens is 165 g/mol. The van der Waals surface area contributed by atoms with Gasteiger partial charge in [-0.1, -0.05) is 12.1 Å². The van der Waals surface area contributed by atoms with Gasteiger partial charge in [0, 0.05) is 6.04 Å². The average Bonchev–Trinajstić information content (AvgIpc) is 2.09. The highest BCUT2D eigenvalue weighted by molar-refractivity contribution is 5.24. The van der Waals surface area contributed by atoms with Gasteiger partial charge in [-0.3, -0.25) is 0 Å². The second-order valence-electron chi connectivity index (χ2n) is 3.49. The van der Waals surface area contributed by atoms with E-state index in [1.807, 2.05) is 33.0 Å². The van der Waals surface area contributed by atoms with E-state index in [9.17, 15) is 4.39 Å².